The van der Waals surface area contributed by atoms with E-state index in [1.165, 1.54) is 6.07 Å². The number of aliphatic imine (C=N–C) groups is 1. The summed E-state index contributed by atoms with van der Waals surface area (Å²) in [5.74, 6) is 0.974. The number of nitrogens with one attached hydrogen (secondary N) is 2. The van der Waals surface area contributed by atoms with Gasteiger partial charge in [0.25, 0.3) is 0 Å². The first-order chi connectivity index (χ1) is 11.7. The first-order valence-electron chi connectivity index (χ1n) is 8.72. The molecule has 2 heterocycles. The molecule has 24 heavy (non-hydrogen) atoms. The van der Waals surface area contributed by atoms with E-state index < -0.39 is 0 Å². The Labute approximate surface area is 144 Å². The lowest BCUT2D eigenvalue weighted by Gasteiger charge is -2.21. The van der Waals surface area contributed by atoms with Crippen LogP contribution < -0.4 is 15.5 Å². The summed E-state index contributed by atoms with van der Waals surface area (Å²) in [7, 11) is 1.78. The van der Waals surface area contributed by atoms with Gasteiger partial charge in [0, 0.05) is 45.5 Å². The maximum atomic E-state index is 13.8. The second kappa shape index (κ2) is 9.42. The molecule has 0 saturated carbocycles. The predicted molar refractivity (Wildman–Crippen MR) is 97.1 cm³/mol. The van der Waals surface area contributed by atoms with Crippen LogP contribution in [-0.2, 0) is 0 Å². The van der Waals surface area contributed by atoms with E-state index in [4.69, 9.17) is 0 Å². The van der Waals surface area contributed by atoms with Crippen molar-refractivity contribution >= 4 is 11.8 Å². The molecule has 0 radical (unpaired) electrons. The van der Waals surface area contributed by atoms with Crippen molar-refractivity contribution in [2.24, 2.45) is 4.99 Å². The number of aromatic nitrogens is 1. The van der Waals surface area contributed by atoms with Crippen molar-refractivity contribution in [1.29, 1.82) is 0 Å². The number of rotatable bonds is 7. The maximum Gasteiger partial charge on any atom is 0.191 e. The monoisotopic (exact) mass is 336 g/mol. The van der Waals surface area contributed by atoms with Gasteiger partial charge in [-0.2, -0.15) is 0 Å². The fraction of sp³-hybridized carbons (Fsp3) is 0.647. The normalized spacial score (nSPS) is 18.3. The third kappa shape index (κ3) is 5.06. The molecule has 134 valence electrons. The number of anilines is 1. The number of nitrogens with zero attached hydrogens (tertiary/aromatic N) is 4. The Bertz CT molecular complexity index is 532. The quantitative estimate of drug-likeness (QED) is 0.581. The molecule has 2 N–H and O–H groups in total. The maximum absolute atomic E-state index is 13.8. The van der Waals surface area contributed by atoms with E-state index in [9.17, 15) is 4.39 Å². The van der Waals surface area contributed by atoms with Crippen molar-refractivity contribution in [3.63, 3.8) is 0 Å². The van der Waals surface area contributed by atoms with Crippen LogP contribution in [0.15, 0.2) is 23.3 Å². The van der Waals surface area contributed by atoms with Crippen molar-refractivity contribution < 1.29 is 4.39 Å². The lowest BCUT2D eigenvalue weighted by Crippen LogP contribution is -2.46. The fourth-order valence-electron chi connectivity index (χ4n) is 2.94. The highest BCUT2D eigenvalue weighted by Crippen LogP contribution is 2.20. The second-order valence-electron chi connectivity index (χ2n) is 5.91. The number of pyridine rings is 1. The van der Waals surface area contributed by atoms with Gasteiger partial charge in [-0.15, -0.1) is 0 Å². The molecular weight excluding hydrogens is 307 g/mol. The number of halogens is 1. The zero-order valence-corrected chi connectivity index (χ0v) is 14.9. The van der Waals surface area contributed by atoms with E-state index in [-0.39, 0.29) is 11.9 Å². The summed E-state index contributed by atoms with van der Waals surface area (Å²) in [4.78, 5) is 12.8. The van der Waals surface area contributed by atoms with Gasteiger partial charge in [0.2, 0.25) is 0 Å². The molecule has 1 aromatic heterocycles. The summed E-state index contributed by atoms with van der Waals surface area (Å²) in [6.07, 6.45) is 2.57. The SMILES string of the molecule is CCN(CC)CCNC(=NC)NC1CCN(c2ncccc2F)C1. The Hall–Kier alpha value is -1.89. The Balaban J connectivity index is 1.80. The number of likely N-dealkylation sites (N-methyl/N-ethyl adjacent to an activating group) is 1. The molecule has 2 rings (SSSR count). The van der Waals surface area contributed by atoms with Crippen molar-refractivity contribution in [2.75, 3.05) is 51.2 Å². The van der Waals surface area contributed by atoms with Crippen LogP contribution in [0.25, 0.3) is 0 Å². The summed E-state index contributed by atoms with van der Waals surface area (Å²) < 4.78 is 13.8. The number of hydrogen-bond acceptors (Lipinski definition) is 4. The van der Waals surface area contributed by atoms with Gasteiger partial charge in [-0.1, -0.05) is 13.8 Å². The smallest absolute Gasteiger partial charge is 0.191 e. The lowest BCUT2D eigenvalue weighted by molar-refractivity contribution is 0.308. The Morgan fingerprint density at radius 1 is 1.46 bits per heavy atom. The third-order valence-corrected chi connectivity index (χ3v) is 4.41. The Morgan fingerprint density at radius 3 is 2.92 bits per heavy atom. The Morgan fingerprint density at radius 2 is 2.25 bits per heavy atom. The zero-order valence-electron chi connectivity index (χ0n) is 14.9. The van der Waals surface area contributed by atoms with Gasteiger partial charge in [-0.05, 0) is 31.6 Å². The van der Waals surface area contributed by atoms with Gasteiger partial charge >= 0.3 is 0 Å². The minimum atomic E-state index is -0.264. The van der Waals surface area contributed by atoms with Crippen LogP contribution >= 0.6 is 0 Å². The van der Waals surface area contributed by atoms with Gasteiger partial charge < -0.3 is 20.4 Å². The van der Waals surface area contributed by atoms with E-state index in [0.717, 1.165) is 51.6 Å². The van der Waals surface area contributed by atoms with E-state index in [1.807, 2.05) is 4.90 Å². The summed E-state index contributed by atoms with van der Waals surface area (Å²) >= 11 is 0. The predicted octanol–water partition coefficient (Wildman–Crippen LogP) is 1.31. The van der Waals surface area contributed by atoms with Crippen LogP contribution in [0.4, 0.5) is 10.2 Å². The van der Waals surface area contributed by atoms with Crippen LogP contribution in [0.2, 0.25) is 0 Å². The van der Waals surface area contributed by atoms with Crippen LogP contribution in [-0.4, -0.2) is 68.2 Å². The van der Waals surface area contributed by atoms with Crippen LogP contribution in [0.5, 0.6) is 0 Å². The highest BCUT2D eigenvalue weighted by molar-refractivity contribution is 5.80. The zero-order chi connectivity index (χ0) is 17.4. The van der Waals surface area contributed by atoms with Crippen LogP contribution in [0, 0.1) is 5.82 Å². The molecule has 1 atom stereocenters. The molecule has 0 spiro atoms. The highest BCUT2D eigenvalue weighted by atomic mass is 19.1. The molecule has 1 fully saturated rings. The summed E-state index contributed by atoms with van der Waals surface area (Å²) in [6.45, 7) is 9.80. The molecule has 1 unspecified atom stereocenters. The van der Waals surface area contributed by atoms with Gasteiger partial charge in [0.05, 0.1) is 0 Å². The third-order valence-electron chi connectivity index (χ3n) is 4.41. The fourth-order valence-corrected chi connectivity index (χ4v) is 2.94. The standard InChI is InChI=1S/C17H29FN6/c1-4-23(5-2)12-10-21-17(19-3)22-14-8-11-24(13-14)16-15(18)7-6-9-20-16/h6-7,9,14H,4-5,8,10-13H2,1-3H3,(H2,19,21,22). The van der Waals surface area contributed by atoms with E-state index in [0.29, 0.717) is 5.82 Å². The average Bonchev–Trinajstić information content (AvgIpc) is 3.06. The molecule has 1 aliphatic heterocycles. The molecule has 0 amide bonds. The minimum Gasteiger partial charge on any atom is -0.355 e. The van der Waals surface area contributed by atoms with E-state index >= 15 is 0 Å². The molecule has 6 nitrogen and oxygen atoms in total. The van der Waals surface area contributed by atoms with Gasteiger partial charge in [0.15, 0.2) is 17.6 Å². The molecular formula is C17H29FN6. The van der Waals surface area contributed by atoms with E-state index in [2.05, 4.69) is 39.4 Å². The van der Waals surface area contributed by atoms with Gasteiger partial charge in [-0.3, -0.25) is 4.99 Å². The Kier molecular flexibility index (Phi) is 7.24. The first kappa shape index (κ1) is 18.4. The van der Waals surface area contributed by atoms with Gasteiger partial charge in [0.1, 0.15) is 0 Å². The van der Waals surface area contributed by atoms with Crippen molar-refractivity contribution in [3.8, 4) is 0 Å². The van der Waals surface area contributed by atoms with Crippen molar-refractivity contribution in [2.45, 2.75) is 26.3 Å². The topological polar surface area (TPSA) is 55.8 Å². The minimum absolute atomic E-state index is 0.242. The summed E-state index contributed by atoms with van der Waals surface area (Å²) in [6, 6.07) is 3.31. The lowest BCUT2D eigenvalue weighted by atomic mass is 10.3. The van der Waals surface area contributed by atoms with Crippen molar-refractivity contribution in [3.05, 3.63) is 24.1 Å². The van der Waals surface area contributed by atoms with E-state index in [1.54, 1.807) is 19.3 Å². The molecule has 1 saturated heterocycles. The number of hydrogen-bond donors (Lipinski definition) is 2. The molecule has 1 aromatic rings. The molecule has 1 aliphatic rings. The van der Waals surface area contributed by atoms with Crippen molar-refractivity contribution in [1.82, 2.24) is 20.5 Å². The largest absolute Gasteiger partial charge is 0.355 e. The highest BCUT2D eigenvalue weighted by Gasteiger charge is 2.25. The molecule has 0 aromatic carbocycles. The van der Waals surface area contributed by atoms with Crippen LogP contribution in [0.3, 0.4) is 0 Å². The summed E-state index contributed by atoms with van der Waals surface area (Å²) in [5, 5.41) is 6.77. The summed E-state index contributed by atoms with van der Waals surface area (Å²) in [5.41, 5.74) is 0. The number of guanidine groups is 1. The molecule has 0 aliphatic carbocycles. The molecule has 0 bridgehead atoms. The molecule has 7 heteroatoms. The first-order valence-corrected chi connectivity index (χ1v) is 8.72. The van der Waals surface area contributed by atoms with Crippen LogP contribution in [0.1, 0.15) is 20.3 Å². The second-order valence-corrected chi connectivity index (χ2v) is 5.91. The van der Waals surface area contributed by atoms with Gasteiger partial charge in [-0.25, -0.2) is 9.37 Å². The average molecular weight is 336 g/mol.